The monoisotopic (exact) mass is 372 g/mol. The Morgan fingerprint density at radius 1 is 1.38 bits per heavy atom. The molecule has 1 aliphatic heterocycles. The van der Waals surface area contributed by atoms with Crippen LogP contribution in [-0.2, 0) is 10.0 Å². The first-order valence-corrected chi connectivity index (χ1v) is 8.65. The highest BCUT2D eigenvalue weighted by Crippen LogP contribution is 2.33. The van der Waals surface area contributed by atoms with Crippen molar-refractivity contribution < 1.29 is 13.3 Å². The zero-order valence-corrected chi connectivity index (χ0v) is 14.3. The van der Waals surface area contributed by atoms with E-state index >= 15 is 0 Å². The first kappa shape index (κ1) is 18.5. The lowest BCUT2D eigenvalue weighted by Gasteiger charge is -2.23. The Bertz CT molecular complexity index is 874. The fourth-order valence-electron chi connectivity index (χ4n) is 2.99. The van der Waals surface area contributed by atoms with Crippen LogP contribution in [0.2, 0.25) is 0 Å². The van der Waals surface area contributed by atoms with E-state index in [9.17, 15) is 18.5 Å². The van der Waals surface area contributed by atoms with Gasteiger partial charge in [0.15, 0.2) is 0 Å². The second-order valence-electron chi connectivity index (χ2n) is 5.39. The number of aromatic nitrogens is 1. The van der Waals surface area contributed by atoms with Crippen LogP contribution in [0.5, 0.6) is 0 Å². The van der Waals surface area contributed by atoms with Crippen LogP contribution in [0, 0.1) is 10.1 Å². The van der Waals surface area contributed by atoms with Crippen molar-refractivity contribution in [2.45, 2.75) is 23.8 Å². The highest BCUT2D eigenvalue weighted by molar-refractivity contribution is 7.89. The molecule has 24 heavy (non-hydrogen) atoms. The highest BCUT2D eigenvalue weighted by atomic mass is 35.5. The van der Waals surface area contributed by atoms with Gasteiger partial charge in [-0.05, 0) is 31.0 Å². The minimum Gasteiger partial charge on any atom is -0.329 e. The van der Waals surface area contributed by atoms with Gasteiger partial charge in [-0.25, -0.2) is 8.42 Å². The number of benzene rings is 1. The predicted molar refractivity (Wildman–Crippen MR) is 91.6 cm³/mol. The molecule has 130 valence electrons. The third kappa shape index (κ3) is 2.95. The Balaban J connectivity index is 0.00000208. The maximum absolute atomic E-state index is 13.0. The summed E-state index contributed by atoms with van der Waals surface area (Å²) in [5, 5.41) is 11.3. The van der Waals surface area contributed by atoms with Crippen molar-refractivity contribution in [2.75, 3.05) is 13.1 Å². The normalized spacial score (nSPS) is 18.5. The van der Waals surface area contributed by atoms with Crippen molar-refractivity contribution in [1.29, 1.82) is 0 Å². The molecule has 3 rings (SSSR count). The first-order valence-electron chi connectivity index (χ1n) is 7.21. The summed E-state index contributed by atoms with van der Waals surface area (Å²) in [4.78, 5) is 14.6. The molecule has 2 aromatic rings. The van der Waals surface area contributed by atoms with E-state index in [1.54, 1.807) is 6.07 Å². The number of halogens is 1. The fraction of sp³-hybridized carbons (Fsp3) is 0.357. The molecule has 2 N–H and O–H groups in total. The minimum absolute atomic E-state index is 0. The van der Waals surface area contributed by atoms with Gasteiger partial charge in [-0.3, -0.25) is 15.1 Å². The van der Waals surface area contributed by atoms with Gasteiger partial charge in [-0.2, -0.15) is 4.31 Å². The van der Waals surface area contributed by atoms with E-state index in [0.29, 0.717) is 13.0 Å². The zero-order chi connectivity index (χ0) is 16.6. The molecule has 0 aliphatic carbocycles. The van der Waals surface area contributed by atoms with E-state index in [1.165, 1.54) is 28.7 Å². The van der Waals surface area contributed by atoms with Crippen LogP contribution in [0.3, 0.4) is 0 Å². The molecular formula is C14H17ClN4O4S. The Kier molecular flexibility index (Phi) is 5.38. The molecule has 1 aliphatic rings. The van der Waals surface area contributed by atoms with Crippen molar-refractivity contribution in [3.8, 4) is 0 Å². The van der Waals surface area contributed by atoms with E-state index in [0.717, 1.165) is 6.42 Å². The zero-order valence-electron chi connectivity index (χ0n) is 12.7. The summed E-state index contributed by atoms with van der Waals surface area (Å²) in [7, 11) is -3.80. The number of pyridine rings is 1. The molecule has 1 unspecified atom stereocenters. The smallest absolute Gasteiger partial charge is 0.278 e. The Morgan fingerprint density at radius 2 is 2.12 bits per heavy atom. The fourth-order valence-corrected chi connectivity index (χ4v) is 4.84. The van der Waals surface area contributed by atoms with Crippen LogP contribution in [0.25, 0.3) is 10.9 Å². The molecule has 1 saturated heterocycles. The Morgan fingerprint density at radius 3 is 2.79 bits per heavy atom. The summed E-state index contributed by atoms with van der Waals surface area (Å²) in [6.45, 7) is 0.646. The number of fused-ring (bicyclic) bond motifs is 1. The third-order valence-electron chi connectivity index (χ3n) is 4.09. The second kappa shape index (κ2) is 6.98. The van der Waals surface area contributed by atoms with E-state index in [1.807, 2.05) is 0 Å². The molecule has 0 radical (unpaired) electrons. The number of sulfonamides is 1. The van der Waals surface area contributed by atoms with Gasteiger partial charge < -0.3 is 5.73 Å². The van der Waals surface area contributed by atoms with E-state index in [-0.39, 0.29) is 46.5 Å². The quantitative estimate of drug-likeness (QED) is 0.644. The summed E-state index contributed by atoms with van der Waals surface area (Å²) in [5.41, 5.74) is 5.62. The summed E-state index contributed by atoms with van der Waals surface area (Å²) < 4.78 is 27.3. The molecule has 10 heteroatoms. The molecule has 1 aromatic heterocycles. The molecule has 0 saturated carbocycles. The standard InChI is InChI=1S/C14H16N4O4S.ClH/c15-9-10-3-2-8-17(10)23(21,22)13-6-5-12(18(19)20)11-4-1-7-16-14(11)13;/h1,4-7,10H,2-3,8-9,15H2;1H. The predicted octanol–water partition coefficient (Wildman–Crippen LogP) is 1.68. The van der Waals surface area contributed by atoms with E-state index in [4.69, 9.17) is 5.73 Å². The molecule has 0 bridgehead atoms. The summed E-state index contributed by atoms with van der Waals surface area (Å²) in [6.07, 6.45) is 2.89. The van der Waals surface area contributed by atoms with Crippen LogP contribution in [-0.4, -0.2) is 41.8 Å². The van der Waals surface area contributed by atoms with Crippen molar-refractivity contribution in [3.63, 3.8) is 0 Å². The molecule has 0 spiro atoms. The molecule has 0 amide bonds. The second-order valence-corrected chi connectivity index (χ2v) is 7.25. The van der Waals surface area contributed by atoms with Crippen molar-refractivity contribution >= 4 is 39.0 Å². The molecular weight excluding hydrogens is 356 g/mol. The van der Waals surface area contributed by atoms with Crippen LogP contribution in [0.4, 0.5) is 5.69 Å². The highest BCUT2D eigenvalue weighted by Gasteiger charge is 2.36. The van der Waals surface area contributed by atoms with E-state index in [2.05, 4.69) is 4.98 Å². The van der Waals surface area contributed by atoms with Crippen LogP contribution in [0.15, 0.2) is 35.4 Å². The number of nitro benzene ring substituents is 1. The van der Waals surface area contributed by atoms with Gasteiger partial charge in [0.1, 0.15) is 4.90 Å². The number of nitrogens with two attached hydrogens (primary N) is 1. The van der Waals surface area contributed by atoms with Crippen LogP contribution < -0.4 is 5.73 Å². The lowest BCUT2D eigenvalue weighted by Crippen LogP contribution is -2.39. The molecule has 1 atom stereocenters. The van der Waals surface area contributed by atoms with Gasteiger partial charge in [-0.1, -0.05) is 0 Å². The number of rotatable bonds is 4. The number of nitrogens with zero attached hydrogens (tertiary/aromatic N) is 3. The maximum Gasteiger partial charge on any atom is 0.278 e. The number of hydrogen-bond donors (Lipinski definition) is 1. The van der Waals surface area contributed by atoms with Crippen molar-refractivity contribution in [1.82, 2.24) is 9.29 Å². The Labute approximate surface area is 145 Å². The number of nitro groups is 1. The summed E-state index contributed by atoms with van der Waals surface area (Å²) in [5.74, 6) is 0. The van der Waals surface area contributed by atoms with Gasteiger partial charge in [0.2, 0.25) is 10.0 Å². The van der Waals surface area contributed by atoms with Crippen LogP contribution >= 0.6 is 12.4 Å². The molecule has 1 fully saturated rings. The van der Waals surface area contributed by atoms with Gasteiger partial charge in [0.25, 0.3) is 5.69 Å². The third-order valence-corrected chi connectivity index (χ3v) is 6.07. The lowest BCUT2D eigenvalue weighted by molar-refractivity contribution is -0.383. The Hall–Kier alpha value is -1.81. The summed E-state index contributed by atoms with van der Waals surface area (Å²) in [6, 6.07) is 5.28. The van der Waals surface area contributed by atoms with Gasteiger partial charge in [-0.15, -0.1) is 12.4 Å². The minimum atomic E-state index is -3.80. The number of hydrogen-bond acceptors (Lipinski definition) is 6. The molecule has 8 nitrogen and oxygen atoms in total. The van der Waals surface area contributed by atoms with Crippen LogP contribution in [0.1, 0.15) is 12.8 Å². The van der Waals surface area contributed by atoms with Crippen molar-refractivity contribution in [2.24, 2.45) is 5.73 Å². The number of non-ortho nitro benzene ring substituents is 1. The molecule has 1 aromatic carbocycles. The van der Waals surface area contributed by atoms with Gasteiger partial charge >= 0.3 is 0 Å². The average Bonchev–Trinajstić information content (AvgIpc) is 3.03. The van der Waals surface area contributed by atoms with Crippen molar-refractivity contribution in [3.05, 3.63) is 40.6 Å². The van der Waals surface area contributed by atoms with E-state index < -0.39 is 14.9 Å². The average molecular weight is 373 g/mol. The summed E-state index contributed by atoms with van der Waals surface area (Å²) >= 11 is 0. The van der Waals surface area contributed by atoms with Gasteiger partial charge in [0.05, 0.1) is 15.8 Å². The molecule has 2 heterocycles. The lowest BCUT2D eigenvalue weighted by atomic mass is 10.2. The SMILES string of the molecule is Cl.NCC1CCCN1S(=O)(=O)c1ccc([N+](=O)[O-])c2cccnc12. The first-order chi connectivity index (χ1) is 11.0. The maximum atomic E-state index is 13.0. The van der Waals surface area contributed by atoms with Gasteiger partial charge in [0, 0.05) is 31.4 Å². The topological polar surface area (TPSA) is 119 Å². The largest absolute Gasteiger partial charge is 0.329 e.